The Kier molecular flexibility index (Phi) is 2.99. The summed E-state index contributed by atoms with van der Waals surface area (Å²) < 4.78 is 1.34. The van der Waals surface area contributed by atoms with Crippen LogP contribution in [0.3, 0.4) is 0 Å². The van der Waals surface area contributed by atoms with Crippen LogP contribution in [0.2, 0.25) is 0 Å². The molecule has 0 aliphatic carbocycles. The monoisotopic (exact) mass is 254 g/mol. The zero-order valence-corrected chi connectivity index (χ0v) is 11.0. The molecule has 3 aromatic rings. The zero-order valence-electron chi connectivity index (χ0n) is 10.2. The highest BCUT2D eigenvalue weighted by Gasteiger charge is 2.03. The molecule has 0 atom stereocenters. The Bertz CT molecular complexity index is 673. The quantitative estimate of drug-likeness (QED) is 0.757. The summed E-state index contributed by atoms with van der Waals surface area (Å²) in [5.41, 5.74) is 3.49. The molecular formula is C15H14N2S. The predicted molar refractivity (Wildman–Crippen MR) is 78.1 cm³/mol. The first-order valence-corrected chi connectivity index (χ1v) is 6.83. The van der Waals surface area contributed by atoms with Gasteiger partial charge in [-0.15, -0.1) is 11.3 Å². The zero-order chi connectivity index (χ0) is 12.4. The van der Waals surface area contributed by atoms with Crippen LogP contribution in [-0.4, -0.2) is 4.98 Å². The van der Waals surface area contributed by atoms with Gasteiger partial charge >= 0.3 is 0 Å². The molecule has 0 fully saturated rings. The molecule has 1 aromatic carbocycles. The smallest absolute Gasteiger partial charge is 0.0603 e. The molecule has 3 heteroatoms. The fraction of sp³-hybridized carbons (Fsp3) is 0.133. The third-order valence-electron chi connectivity index (χ3n) is 3.04. The number of aryl methyl sites for hydroxylation is 1. The maximum absolute atomic E-state index is 4.28. The lowest BCUT2D eigenvalue weighted by atomic mass is 10.2. The van der Waals surface area contributed by atoms with E-state index in [9.17, 15) is 0 Å². The van der Waals surface area contributed by atoms with Gasteiger partial charge in [0.25, 0.3) is 0 Å². The number of rotatable bonds is 3. The molecule has 3 rings (SSSR count). The lowest BCUT2D eigenvalue weighted by Crippen LogP contribution is -2.01. The summed E-state index contributed by atoms with van der Waals surface area (Å²) in [5, 5.41) is 7.02. The van der Waals surface area contributed by atoms with Gasteiger partial charge in [-0.3, -0.25) is 4.98 Å². The van der Waals surface area contributed by atoms with Crippen LogP contribution < -0.4 is 5.32 Å². The van der Waals surface area contributed by atoms with Crippen molar-refractivity contribution in [1.82, 2.24) is 4.98 Å². The molecule has 0 unspecified atom stereocenters. The number of hydrogen-bond acceptors (Lipinski definition) is 3. The number of hydrogen-bond donors (Lipinski definition) is 1. The number of aromatic nitrogens is 1. The minimum absolute atomic E-state index is 0.844. The molecule has 0 bridgehead atoms. The molecule has 0 saturated carbocycles. The highest BCUT2D eigenvalue weighted by atomic mass is 32.1. The molecule has 2 aromatic heterocycles. The molecule has 2 heterocycles. The first-order valence-electron chi connectivity index (χ1n) is 5.95. The van der Waals surface area contributed by atoms with Crippen LogP contribution in [0.1, 0.15) is 11.3 Å². The molecule has 0 saturated heterocycles. The van der Waals surface area contributed by atoms with Crippen LogP contribution in [-0.2, 0) is 6.54 Å². The summed E-state index contributed by atoms with van der Waals surface area (Å²) in [4.78, 5) is 4.28. The average molecular weight is 254 g/mol. The van der Waals surface area contributed by atoms with Crippen molar-refractivity contribution in [3.05, 3.63) is 59.2 Å². The lowest BCUT2D eigenvalue weighted by Gasteiger charge is -2.07. The van der Waals surface area contributed by atoms with Gasteiger partial charge in [0, 0.05) is 17.4 Å². The fourth-order valence-corrected chi connectivity index (χ4v) is 2.99. The Morgan fingerprint density at radius 3 is 2.94 bits per heavy atom. The molecule has 0 spiro atoms. The summed E-state index contributed by atoms with van der Waals surface area (Å²) in [6, 6.07) is 12.5. The molecule has 1 N–H and O–H groups in total. The average Bonchev–Trinajstić information content (AvgIpc) is 2.81. The van der Waals surface area contributed by atoms with Crippen molar-refractivity contribution >= 4 is 27.1 Å². The number of anilines is 1. The van der Waals surface area contributed by atoms with Crippen LogP contribution in [0.15, 0.2) is 48.0 Å². The van der Waals surface area contributed by atoms with Crippen LogP contribution in [0.5, 0.6) is 0 Å². The van der Waals surface area contributed by atoms with E-state index in [1.54, 1.807) is 11.3 Å². The Balaban J connectivity index is 1.83. The third-order valence-corrected chi connectivity index (χ3v) is 4.05. The van der Waals surface area contributed by atoms with E-state index in [2.05, 4.69) is 46.0 Å². The summed E-state index contributed by atoms with van der Waals surface area (Å²) in [6.07, 6.45) is 1.82. The van der Waals surface area contributed by atoms with Gasteiger partial charge in [-0.05, 0) is 41.5 Å². The number of nitrogens with zero attached hydrogens (tertiary/aromatic N) is 1. The molecule has 0 radical (unpaired) electrons. The summed E-state index contributed by atoms with van der Waals surface area (Å²) >= 11 is 1.80. The van der Waals surface area contributed by atoms with Crippen molar-refractivity contribution in [2.75, 3.05) is 5.32 Å². The third kappa shape index (κ3) is 2.09. The Labute approximate surface area is 110 Å². The van der Waals surface area contributed by atoms with E-state index in [-0.39, 0.29) is 0 Å². The van der Waals surface area contributed by atoms with Gasteiger partial charge in [-0.25, -0.2) is 0 Å². The molecule has 0 aliphatic rings. The van der Waals surface area contributed by atoms with E-state index in [4.69, 9.17) is 0 Å². The molecular weight excluding hydrogens is 240 g/mol. The first kappa shape index (κ1) is 11.2. The molecule has 90 valence electrons. The second kappa shape index (κ2) is 4.78. The Hall–Kier alpha value is -1.87. The van der Waals surface area contributed by atoms with Gasteiger partial charge in [-0.1, -0.05) is 18.2 Å². The van der Waals surface area contributed by atoms with E-state index in [1.807, 2.05) is 19.2 Å². The van der Waals surface area contributed by atoms with E-state index in [1.165, 1.54) is 15.6 Å². The van der Waals surface area contributed by atoms with Crippen molar-refractivity contribution in [2.24, 2.45) is 0 Å². The molecule has 0 aliphatic heterocycles. The second-order valence-electron chi connectivity index (χ2n) is 4.25. The van der Waals surface area contributed by atoms with E-state index < -0.39 is 0 Å². The van der Waals surface area contributed by atoms with Crippen molar-refractivity contribution in [3.8, 4) is 0 Å². The fourth-order valence-electron chi connectivity index (χ4n) is 2.03. The van der Waals surface area contributed by atoms with E-state index in [0.717, 1.165) is 17.9 Å². The van der Waals surface area contributed by atoms with Crippen LogP contribution in [0.25, 0.3) is 10.1 Å². The second-order valence-corrected chi connectivity index (χ2v) is 5.16. The first-order chi connectivity index (χ1) is 8.84. The van der Waals surface area contributed by atoms with E-state index in [0.29, 0.717) is 0 Å². The molecule has 18 heavy (non-hydrogen) atoms. The van der Waals surface area contributed by atoms with Crippen LogP contribution in [0, 0.1) is 6.92 Å². The number of pyridine rings is 1. The Morgan fingerprint density at radius 1 is 1.17 bits per heavy atom. The highest BCUT2D eigenvalue weighted by molar-refractivity contribution is 7.17. The Morgan fingerprint density at radius 2 is 2.06 bits per heavy atom. The topological polar surface area (TPSA) is 24.9 Å². The van der Waals surface area contributed by atoms with Crippen molar-refractivity contribution < 1.29 is 0 Å². The summed E-state index contributed by atoms with van der Waals surface area (Å²) in [7, 11) is 0. The molecule has 0 amide bonds. The maximum Gasteiger partial charge on any atom is 0.0603 e. The number of fused-ring (bicyclic) bond motifs is 1. The van der Waals surface area contributed by atoms with Crippen LogP contribution in [0.4, 0.5) is 5.69 Å². The standard InChI is InChI=1S/C15H14N2S/c1-11-14(6-4-8-16-11)17-9-12-10-18-15-7-3-2-5-13(12)15/h2-8,10,17H,9H2,1H3. The number of benzene rings is 1. The molecule has 2 nitrogen and oxygen atoms in total. The van der Waals surface area contributed by atoms with Gasteiger partial charge in [0.15, 0.2) is 0 Å². The largest absolute Gasteiger partial charge is 0.379 e. The van der Waals surface area contributed by atoms with Gasteiger partial charge in [0.05, 0.1) is 11.4 Å². The lowest BCUT2D eigenvalue weighted by molar-refractivity contribution is 1.12. The maximum atomic E-state index is 4.28. The SMILES string of the molecule is Cc1ncccc1NCc1csc2ccccc12. The minimum atomic E-state index is 0.844. The minimum Gasteiger partial charge on any atom is -0.379 e. The summed E-state index contributed by atoms with van der Waals surface area (Å²) in [5.74, 6) is 0. The van der Waals surface area contributed by atoms with Crippen LogP contribution >= 0.6 is 11.3 Å². The predicted octanol–water partition coefficient (Wildman–Crippen LogP) is 4.22. The highest BCUT2D eigenvalue weighted by Crippen LogP contribution is 2.26. The van der Waals surface area contributed by atoms with Gasteiger partial charge in [0.1, 0.15) is 0 Å². The van der Waals surface area contributed by atoms with Gasteiger partial charge in [-0.2, -0.15) is 0 Å². The van der Waals surface area contributed by atoms with Gasteiger partial charge in [0.2, 0.25) is 0 Å². The normalized spacial score (nSPS) is 10.7. The van der Waals surface area contributed by atoms with Gasteiger partial charge < -0.3 is 5.32 Å². The van der Waals surface area contributed by atoms with Crippen molar-refractivity contribution in [1.29, 1.82) is 0 Å². The number of thiophene rings is 1. The van der Waals surface area contributed by atoms with E-state index >= 15 is 0 Å². The van der Waals surface area contributed by atoms with Crippen molar-refractivity contribution in [3.63, 3.8) is 0 Å². The van der Waals surface area contributed by atoms with Crippen molar-refractivity contribution in [2.45, 2.75) is 13.5 Å². The number of nitrogens with one attached hydrogen (secondary N) is 1. The summed E-state index contributed by atoms with van der Waals surface area (Å²) in [6.45, 7) is 2.87.